The maximum Gasteiger partial charge on any atom is 2.00 e. The molecule has 0 aliphatic heterocycles. The van der Waals surface area contributed by atoms with Gasteiger partial charge in [0, 0.05) is 36.5 Å². The molecule has 0 spiro atoms. The molecule has 0 amide bonds. The molecule has 8 nitrogen and oxygen atoms in total. The van der Waals surface area contributed by atoms with E-state index in [1.165, 1.54) is 0 Å². The van der Waals surface area contributed by atoms with Gasteiger partial charge in [0.15, 0.2) is 0 Å². The summed E-state index contributed by atoms with van der Waals surface area (Å²) in [5.41, 5.74) is 0. The van der Waals surface area contributed by atoms with E-state index < -0.39 is 11.9 Å². The van der Waals surface area contributed by atoms with E-state index in [2.05, 4.69) is 0 Å². The Morgan fingerprint density at radius 3 is 0.769 bits per heavy atom. The maximum absolute atomic E-state index is 8.89. The van der Waals surface area contributed by atoms with Gasteiger partial charge in [0.1, 0.15) is 0 Å². The van der Waals surface area contributed by atoms with Gasteiger partial charge in [-0.2, -0.15) is 0 Å². The predicted molar refractivity (Wildman–Crippen MR) is 29.9 cm³/mol. The van der Waals surface area contributed by atoms with E-state index in [9.17, 15) is 0 Å². The summed E-state index contributed by atoms with van der Waals surface area (Å²) in [6, 6.07) is 0. The van der Waals surface area contributed by atoms with Gasteiger partial charge in [0.2, 0.25) is 0 Å². The molecule has 0 bridgehead atoms. The summed E-state index contributed by atoms with van der Waals surface area (Å²) in [6.45, 7) is 1.94. The van der Waals surface area contributed by atoms with Crippen LogP contribution >= 0.6 is 0 Å². The molecule has 0 unspecified atom stereocenters. The molecule has 12 radical (unpaired) electrons. The van der Waals surface area contributed by atoms with Gasteiger partial charge in [-0.1, -0.05) is 0 Å². The molecule has 0 aromatic heterocycles. The zero-order valence-electron chi connectivity index (χ0n) is 7.13. The van der Waals surface area contributed by atoms with Crippen LogP contribution in [0.2, 0.25) is 0 Å². The summed E-state index contributed by atoms with van der Waals surface area (Å²) in [4.78, 5) is 17.8. The number of nitrogens with zero attached hydrogens (tertiary/aromatic N) is 4. The number of carbonyl (C=O) groups is 2. The molecule has 0 heterocycles. The van der Waals surface area contributed by atoms with Crippen molar-refractivity contribution >= 4 is 11.9 Å². The second-order valence-corrected chi connectivity index (χ2v) is 0.983. The number of carbonyl (C=O) groups excluding carboxylic acids is 2. The van der Waals surface area contributed by atoms with Crippen LogP contribution in [-0.4, -0.2) is 11.9 Å². The van der Waals surface area contributed by atoms with Crippen molar-refractivity contribution in [1.82, 2.24) is 24.6 Å². The third-order valence-corrected chi connectivity index (χ3v) is 0. The normalized spacial score (nSPS) is 3.85. The first kappa shape index (κ1) is 55.2. The third kappa shape index (κ3) is 2830. The fourth-order valence-corrected chi connectivity index (χ4v) is 0. The zero-order valence-corrected chi connectivity index (χ0v) is 10.1. The molecule has 0 aliphatic carbocycles. The Labute approximate surface area is 90.2 Å². The summed E-state index contributed by atoms with van der Waals surface area (Å²) >= 11 is 0. The van der Waals surface area contributed by atoms with E-state index in [0.29, 0.717) is 0 Å². The van der Waals surface area contributed by atoms with Crippen LogP contribution in [0.15, 0.2) is 0 Å². The first-order valence-electron chi connectivity index (χ1n) is 1.82. The smallest absolute Gasteiger partial charge is 0.550 e. The summed E-state index contributed by atoms with van der Waals surface area (Å²) in [5, 5.41) is 17.8. The fourth-order valence-electron chi connectivity index (χ4n) is 0. The van der Waals surface area contributed by atoms with E-state index in [1.54, 1.807) is 0 Å². The van der Waals surface area contributed by atoms with E-state index >= 15 is 0 Å². The molecule has 0 atom stereocenters. The molecule has 0 aromatic carbocycles. The summed E-state index contributed by atoms with van der Waals surface area (Å²) in [6.07, 6.45) is 0. The number of carboxylic acids is 2. The van der Waals surface area contributed by atoms with Gasteiger partial charge in [-0.3, -0.25) is 0 Å². The number of rotatable bonds is 0. The summed E-state index contributed by atoms with van der Waals surface area (Å²) in [5.74, 6) is -2.17. The fraction of sp³-hybridized carbons (Fsp3) is 0.500. The van der Waals surface area contributed by atoms with Crippen molar-refractivity contribution in [3.05, 3.63) is 0 Å². The van der Waals surface area contributed by atoms with E-state index in [1.807, 2.05) is 0 Å². The van der Waals surface area contributed by atoms with Crippen molar-refractivity contribution in [3.8, 4) is 0 Å². The van der Waals surface area contributed by atoms with Gasteiger partial charge in [-0.25, -0.2) is 0 Å². The van der Waals surface area contributed by atoms with Crippen LogP contribution in [0.4, 0.5) is 0 Å². The van der Waals surface area contributed by atoms with Crippen molar-refractivity contribution in [2.45, 2.75) is 13.8 Å². The minimum atomic E-state index is -1.08. The predicted octanol–water partition coefficient (Wildman–Crippen LogP) is -4.41. The average Bonchev–Trinajstić information content (AvgIpc) is 1.25. The van der Waals surface area contributed by atoms with Gasteiger partial charge >= 0.3 is 19.5 Å². The van der Waals surface area contributed by atoms with Crippen LogP contribution in [0.3, 0.4) is 0 Å². The Morgan fingerprint density at radius 2 is 0.769 bits per heavy atom. The Balaban J connectivity index is -0.00000000800. The molecular formula is C4H6N4O4Zn. The maximum atomic E-state index is 8.89. The minimum absolute atomic E-state index is 0. The SMILES string of the molecule is CC(=O)[O-].CC(=O)[O-].[N].[N].[N].[N].[Zn+2]. The molecule has 0 saturated heterocycles. The molecular weight excluding hydrogens is 233 g/mol. The van der Waals surface area contributed by atoms with Crippen LogP contribution in [-0.2, 0) is 29.1 Å². The number of carboxylic acid groups (broad SMARTS) is 2. The summed E-state index contributed by atoms with van der Waals surface area (Å²) in [7, 11) is 0. The van der Waals surface area contributed by atoms with Crippen LogP contribution in [0.5, 0.6) is 0 Å². The molecule has 0 fully saturated rings. The van der Waals surface area contributed by atoms with Crippen LogP contribution < -0.4 is 34.8 Å². The van der Waals surface area contributed by atoms with Crippen LogP contribution in [0.25, 0.3) is 0 Å². The van der Waals surface area contributed by atoms with Gasteiger partial charge in [-0.05, 0) is 13.8 Å². The van der Waals surface area contributed by atoms with Crippen molar-refractivity contribution in [1.29, 1.82) is 0 Å². The zero-order chi connectivity index (χ0) is 7.15. The van der Waals surface area contributed by atoms with E-state index in [4.69, 9.17) is 19.8 Å². The van der Waals surface area contributed by atoms with Crippen LogP contribution in [0.1, 0.15) is 13.8 Å². The third-order valence-electron chi connectivity index (χ3n) is 0. The molecule has 9 heteroatoms. The summed E-state index contributed by atoms with van der Waals surface area (Å²) < 4.78 is 0. The molecule has 0 aromatic rings. The topological polar surface area (TPSA) is 202 Å². The first-order valence-corrected chi connectivity index (χ1v) is 1.82. The minimum Gasteiger partial charge on any atom is -0.550 e. The molecule has 0 rings (SSSR count). The van der Waals surface area contributed by atoms with E-state index in [-0.39, 0.29) is 44.1 Å². The molecule has 0 aliphatic rings. The van der Waals surface area contributed by atoms with Gasteiger partial charge in [0.05, 0.1) is 0 Å². The largest absolute Gasteiger partial charge is 2.00 e. The Bertz CT molecular complexity index is 82.1. The van der Waals surface area contributed by atoms with Crippen molar-refractivity contribution in [2.24, 2.45) is 0 Å². The van der Waals surface area contributed by atoms with Crippen molar-refractivity contribution < 1.29 is 39.3 Å². The molecule has 13 heavy (non-hydrogen) atoms. The number of hydrogen-bond acceptors (Lipinski definition) is 4. The Morgan fingerprint density at radius 1 is 0.769 bits per heavy atom. The van der Waals surface area contributed by atoms with Crippen molar-refractivity contribution in [2.75, 3.05) is 0 Å². The first-order chi connectivity index (χ1) is 3.46. The molecule has 0 saturated carbocycles. The van der Waals surface area contributed by atoms with Crippen molar-refractivity contribution in [3.63, 3.8) is 0 Å². The molecule has 68 valence electrons. The second kappa shape index (κ2) is 42.3. The van der Waals surface area contributed by atoms with Gasteiger partial charge in [0.25, 0.3) is 0 Å². The van der Waals surface area contributed by atoms with Crippen LogP contribution in [0, 0.1) is 0 Å². The standard InChI is InChI=1S/2C2H4O2.4N.Zn/c2*1-2(3)4;;;;;/h2*1H3,(H,3,4);;;;;/q;;;;;;+2/p-2. The second-order valence-electron chi connectivity index (χ2n) is 0.983. The quantitative estimate of drug-likeness (QED) is 0.384. The van der Waals surface area contributed by atoms with E-state index in [0.717, 1.165) is 13.8 Å². The Kier molecular flexibility index (Phi) is 180. The monoisotopic (exact) mass is 238 g/mol. The number of hydrogen-bond donors (Lipinski definition) is 0. The average molecular weight is 240 g/mol. The Hall–Kier alpha value is -0.597. The van der Waals surface area contributed by atoms with Gasteiger partial charge in [-0.15, -0.1) is 0 Å². The van der Waals surface area contributed by atoms with Gasteiger partial charge < -0.3 is 19.8 Å². The molecule has 0 N–H and O–H groups in total. The number of aliphatic carboxylic acids is 2.